The summed E-state index contributed by atoms with van der Waals surface area (Å²) in [5, 5.41) is 3.35. The van der Waals surface area contributed by atoms with Gasteiger partial charge in [-0.15, -0.1) is 0 Å². The standard InChI is InChI=1S/C12H23N3O/c1-9-8-15(6-5-14-9)12(16)7-10-3-2-4-11(10)13/h9-11,14H,2-8,13H2,1H3/t9-,10-,11+/m0/s1. The van der Waals surface area contributed by atoms with Gasteiger partial charge in [-0.05, 0) is 25.7 Å². The fraction of sp³-hybridized carbons (Fsp3) is 0.917. The molecule has 1 saturated carbocycles. The Morgan fingerprint density at radius 3 is 2.94 bits per heavy atom. The van der Waals surface area contributed by atoms with Crippen molar-refractivity contribution >= 4 is 5.91 Å². The van der Waals surface area contributed by atoms with E-state index in [0.29, 0.717) is 24.3 Å². The van der Waals surface area contributed by atoms with Crippen LogP contribution in [0.25, 0.3) is 0 Å². The van der Waals surface area contributed by atoms with Gasteiger partial charge in [-0.3, -0.25) is 4.79 Å². The first-order valence-electron chi connectivity index (χ1n) is 6.43. The topological polar surface area (TPSA) is 58.4 Å². The molecule has 0 radical (unpaired) electrons. The molecule has 1 saturated heterocycles. The Kier molecular flexibility index (Phi) is 3.82. The first kappa shape index (κ1) is 11.9. The summed E-state index contributed by atoms with van der Waals surface area (Å²) in [6.07, 6.45) is 4.08. The zero-order chi connectivity index (χ0) is 11.5. The molecule has 0 unspecified atom stereocenters. The molecule has 0 aromatic heterocycles. The number of carbonyl (C=O) groups excluding carboxylic acids is 1. The van der Waals surface area contributed by atoms with Gasteiger partial charge in [0.15, 0.2) is 0 Å². The highest BCUT2D eigenvalue weighted by atomic mass is 16.2. The van der Waals surface area contributed by atoms with Crippen molar-refractivity contribution in [3.05, 3.63) is 0 Å². The van der Waals surface area contributed by atoms with Gasteiger partial charge in [0.1, 0.15) is 0 Å². The minimum atomic E-state index is 0.254. The molecule has 0 aromatic carbocycles. The van der Waals surface area contributed by atoms with E-state index in [1.807, 2.05) is 4.90 Å². The predicted octanol–water partition coefficient (Wildman–Crippen LogP) is 0.324. The van der Waals surface area contributed by atoms with Crippen molar-refractivity contribution in [1.29, 1.82) is 0 Å². The SMILES string of the molecule is C[C@H]1CN(C(=O)C[C@@H]2CCC[C@H]2N)CCN1. The van der Waals surface area contributed by atoms with Crippen LogP contribution in [0.2, 0.25) is 0 Å². The van der Waals surface area contributed by atoms with Crippen LogP contribution < -0.4 is 11.1 Å². The van der Waals surface area contributed by atoms with Crippen molar-refractivity contribution in [3.63, 3.8) is 0 Å². The average molecular weight is 225 g/mol. The lowest BCUT2D eigenvalue weighted by Crippen LogP contribution is -2.51. The van der Waals surface area contributed by atoms with Gasteiger partial charge in [0.05, 0.1) is 0 Å². The minimum absolute atomic E-state index is 0.254. The summed E-state index contributed by atoms with van der Waals surface area (Å²) in [7, 11) is 0. The number of nitrogens with one attached hydrogen (secondary N) is 1. The third kappa shape index (κ3) is 2.74. The molecule has 92 valence electrons. The van der Waals surface area contributed by atoms with Crippen molar-refractivity contribution in [2.45, 2.75) is 44.7 Å². The Labute approximate surface area is 97.6 Å². The van der Waals surface area contributed by atoms with Gasteiger partial charge in [0.25, 0.3) is 0 Å². The summed E-state index contributed by atoms with van der Waals surface area (Å²) < 4.78 is 0. The fourth-order valence-corrected chi connectivity index (χ4v) is 2.83. The van der Waals surface area contributed by atoms with Crippen molar-refractivity contribution < 1.29 is 4.79 Å². The predicted molar refractivity (Wildman–Crippen MR) is 64.0 cm³/mol. The maximum absolute atomic E-state index is 12.1. The van der Waals surface area contributed by atoms with E-state index in [-0.39, 0.29) is 6.04 Å². The number of nitrogens with two attached hydrogens (primary N) is 1. The summed E-state index contributed by atoms with van der Waals surface area (Å²) in [5.41, 5.74) is 6.00. The highest BCUT2D eigenvalue weighted by Gasteiger charge is 2.29. The van der Waals surface area contributed by atoms with Gasteiger partial charge in [-0.2, -0.15) is 0 Å². The van der Waals surface area contributed by atoms with Gasteiger partial charge in [-0.1, -0.05) is 6.42 Å². The Morgan fingerprint density at radius 1 is 1.50 bits per heavy atom. The highest BCUT2D eigenvalue weighted by molar-refractivity contribution is 5.76. The number of amides is 1. The molecule has 1 aliphatic carbocycles. The smallest absolute Gasteiger partial charge is 0.223 e. The Bertz CT molecular complexity index is 257. The molecular formula is C12H23N3O. The molecule has 1 heterocycles. The summed E-state index contributed by atoms with van der Waals surface area (Å²) in [6.45, 7) is 4.75. The van der Waals surface area contributed by atoms with Crippen LogP contribution in [0.15, 0.2) is 0 Å². The van der Waals surface area contributed by atoms with Crippen LogP contribution in [0.3, 0.4) is 0 Å². The first-order chi connectivity index (χ1) is 7.66. The number of piperazine rings is 1. The second-order valence-corrected chi connectivity index (χ2v) is 5.25. The summed E-state index contributed by atoms with van der Waals surface area (Å²) >= 11 is 0. The quantitative estimate of drug-likeness (QED) is 0.712. The van der Waals surface area contributed by atoms with Crippen LogP contribution in [0.1, 0.15) is 32.6 Å². The van der Waals surface area contributed by atoms with Crippen molar-refractivity contribution in [3.8, 4) is 0 Å². The van der Waals surface area contributed by atoms with Crippen molar-refractivity contribution in [2.75, 3.05) is 19.6 Å². The lowest BCUT2D eigenvalue weighted by Gasteiger charge is -2.33. The van der Waals surface area contributed by atoms with Gasteiger partial charge >= 0.3 is 0 Å². The van der Waals surface area contributed by atoms with E-state index in [9.17, 15) is 4.79 Å². The number of hydrogen-bond acceptors (Lipinski definition) is 3. The van der Waals surface area contributed by atoms with E-state index >= 15 is 0 Å². The number of carbonyl (C=O) groups is 1. The molecule has 4 nitrogen and oxygen atoms in total. The number of rotatable bonds is 2. The molecule has 0 spiro atoms. The summed E-state index contributed by atoms with van der Waals surface area (Å²) in [4.78, 5) is 14.1. The molecule has 1 aliphatic heterocycles. The van der Waals surface area contributed by atoms with Crippen LogP contribution in [0.5, 0.6) is 0 Å². The Morgan fingerprint density at radius 2 is 2.31 bits per heavy atom. The van der Waals surface area contributed by atoms with E-state index in [4.69, 9.17) is 5.73 Å². The Hall–Kier alpha value is -0.610. The maximum atomic E-state index is 12.1. The van der Waals surface area contributed by atoms with Crippen molar-refractivity contribution in [1.82, 2.24) is 10.2 Å². The first-order valence-corrected chi connectivity index (χ1v) is 6.43. The van der Waals surface area contributed by atoms with Gasteiger partial charge in [-0.25, -0.2) is 0 Å². The van der Waals surface area contributed by atoms with E-state index in [1.54, 1.807) is 0 Å². The molecular weight excluding hydrogens is 202 g/mol. The number of nitrogens with zero attached hydrogens (tertiary/aromatic N) is 1. The van der Waals surface area contributed by atoms with E-state index in [0.717, 1.165) is 32.5 Å². The van der Waals surface area contributed by atoms with E-state index < -0.39 is 0 Å². The second-order valence-electron chi connectivity index (χ2n) is 5.25. The third-order valence-corrected chi connectivity index (χ3v) is 3.88. The summed E-state index contributed by atoms with van der Waals surface area (Å²) in [6, 6.07) is 0.680. The normalized spacial score (nSPS) is 35.4. The van der Waals surface area contributed by atoms with Crippen LogP contribution in [0.4, 0.5) is 0 Å². The van der Waals surface area contributed by atoms with Gasteiger partial charge < -0.3 is 16.0 Å². The average Bonchev–Trinajstić information content (AvgIpc) is 2.64. The molecule has 16 heavy (non-hydrogen) atoms. The molecule has 3 N–H and O–H groups in total. The zero-order valence-corrected chi connectivity index (χ0v) is 10.1. The van der Waals surface area contributed by atoms with Crippen LogP contribution in [0, 0.1) is 5.92 Å². The molecule has 0 bridgehead atoms. The van der Waals surface area contributed by atoms with Crippen molar-refractivity contribution in [2.24, 2.45) is 11.7 Å². The largest absolute Gasteiger partial charge is 0.340 e. The number of hydrogen-bond donors (Lipinski definition) is 2. The second kappa shape index (κ2) is 5.15. The molecule has 2 aliphatic rings. The summed E-state index contributed by atoms with van der Waals surface area (Å²) in [5.74, 6) is 0.730. The lowest BCUT2D eigenvalue weighted by atomic mass is 9.99. The monoisotopic (exact) mass is 225 g/mol. The molecule has 4 heteroatoms. The van der Waals surface area contributed by atoms with Gasteiger partial charge in [0, 0.05) is 38.1 Å². The van der Waals surface area contributed by atoms with E-state index in [1.165, 1.54) is 6.42 Å². The van der Waals surface area contributed by atoms with Crippen LogP contribution >= 0.6 is 0 Å². The lowest BCUT2D eigenvalue weighted by molar-refractivity contribution is -0.133. The molecule has 2 fully saturated rings. The van der Waals surface area contributed by atoms with Crippen LogP contribution in [-0.4, -0.2) is 42.5 Å². The molecule has 3 atom stereocenters. The van der Waals surface area contributed by atoms with Gasteiger partial charge in [0.2, 0.25) is 5.91 Å². The molecule has 1 amide bonds. The molecule has 0 aromatic rings. The fourth-order valence-electron chi connectivity index (χ4n) is 2.83. The third-order valence-electron chi connectivity index (χ3n) is 3.88. The zero-order valence-electron chi connectivity index (χ0n) is 10.1. The highest BCUT2D eigenvalue weighted by Crippen LogP contribution is 2.27. The minimum Gasteiger partial charge on any atom is -0.340 e. The Balaban J connectivity index is 1.82. The molecule has 2 rings (SSSR count). The maximum Gasteiger partial charge on any atom is 0.223 e. The van der Waals surface area contributed by atoms with E-state index in [2.05, 4.69) is 12.2 Å². The van der Waals surface area contributed by atoms with Crippen LogP contribution in [-0.2, 0) is 4.79 Å².